The van der Waals surface area contributed by atoms with Crippen molar-refractivity contribution in [2.24, 2.45) is 0 Å². The number of benzene rings is 12. The molecular formula is C98H71BrCl5N9O17S7. The van der Waals surface area contributed by atoms with E-state index in [2.05, 4.69) is 67.1 Å². The Kier molecular flexibility index (Phi) is 33.5. The number of nitrogens with one attached hydrogen (secondary N) is 5. The van der Waals surface area contributed by atoms with Gasteiger partial charge in [-0.15, -0.1) is 17.8 Å². The molecule has 694 valence electrons. The second-order valence-electron chi connectivity index (χ2n) is 29.0. The molecule has 0 fully saturated rings. The average molecular weight is 2130 g/mol. The molecule has 0 saturated heterocycles. The number of anilines is 5. The minimum absolute atomic E-state index is 0.0366. The fraction of sp³-hybridized carbons (Fsp3) is 0.0204. The number of pyridine rings is 3. The third kappa shape index (κ3) is 26.6. The van der Waals surface area contributed by atoms with E-state index < -0.39 is 65.7 Å². The van der Waals surface area contributed by atoms with Crippen molar-refractivity contribution in [1.29, 1.82) is 0 Å². The fourth-order valence-electron chi connectivity index (χ4n) is 12.5. The topological polar surface area (TPSA) is 398 Å². The van der Waals surface area contributed by atoms with E-state index in [0.717, 1.165) is 49.3 Å². The highest BCUT2D eigenvalue weighted by Crippen LogP contribution is 2.37. The van der Waals surface area contributed by atoms with E-state index in [1.807, 2.05) is 38.1 Å². The van der Waals surface area contributed by atoms with E-state index in [9.17, 15) is 74.9 Å². The normalized spacial score (nSPS) is 11.3. The zero-order valence-corrected chi connectivity index (χ0v) is 82.1. The fourth-order valence-corrected chi connectivity index (χ4v) is 22.5. The predicted molar refractivity (Wildman–Crippen MR) is 539 cm³/mol. The quantitative estimate of drug-likeness (QED) is 0.00839. The van der Waals surface area contributed by atoms with Crippen molar-refractivity contribution < 1.29 is 74.4 Å². The summed E-state index contributed by atoms with van der Waals surface area (Å²) in [4.78, 5) is 63.5. The number of ketones is 4. The molecule has 0 amide bonds. The number of rotatable bonds is 26. The van der Waals surface area contributed by atoms with Gasteiger partial charge in [-0.05, 0) is 235 Å². The van der Waals surface area contributed by atoms with Crippen LogP contribution in [-0.2, 0) is 60.0 Å². The van der Waals surface area contributed by atoms with Gasteiger partial charge < -0.3 is 5.21 Å². The van der Waals surface area contributed by atoms with Gasteiger partial charge in [-0.25, -0.2) is 50.5 Å². The Balaban J connectivity index is 0.000000154. The van der Waals surface area contributed by atoms with Gasteiger partial charge in [-0.3, -0.25) is 57.7 Å². The van der Waals surface area contributed by atoms with Crippen LogP contribution >= 0.6 is 85.3 Å². The Morgan fingerprint density at radius 1 is 0.380 bits per heavy atom. The van der Waals surface area contributed by atoms with Gasteiger partial charge in [-0.1, -0.05) is 179 Å². The highest BCUT2D eigenvalue weighted by atomic mass is 79.9. The number of fused-ring (bicyclic) bond motifs is 1. The number of hydrogen-bond acceptors (Lipinski definition) is 21. The number of sulfonamides is 5. The van der Waals surface area contributed by atoms with Crippen LogP contribution in [0.1, 0.15) is 79.8 Å². The predicted octanol–water partition coefficient (Wildman–Crippen LogP) is 22.1. The second-order valence-corrected chi connectivity index (χ2v) is 43.8. The van der Waals surface area contributed by atoms with E-state index in [1.165, 1.54) is 188 Å². The molecule has 26 nitrogen and oxygen atoms in total. The van der Waals surface area contributed by atoms with Crippen LogP contribution in [0, 0.1) is 31.4 Å². The Morgan fingerprint density at radius 2 is 0.766 bits per heavy atom. The van der Waals surface area contributed by atoms with Crippen LogP contribution in [0.15, 0.2) is 384 Å². The molecule has 16 rings (SSSR count). The summed E-state index contributed by atoms with van der Waals surface area (Å²) in [6.45, 7) is 6.86. The van der Waals surface area contributed by atoms with Crippen molar-refractivity contribution in [3.05, 3.63) is 442 Å². The van der Waals surface area contributed by atoms with Gasteiger partial charge in [0.15, 0.2) is 17.3 Å². The summed E-state index contributed by atoms with van der Waals surface area (Å²) in [5.74, 6) is 0.984. The van der Waals surface area contributed by atoms with Crippen molar-refractivity contribution in [3.8, 4) is 12.3 Å². The maximum Gasteiger partial charge on any atom is 0.271 e. The van der Waals surface area contributed by atoms with Crippen LogP contribution in [0.5, 0.6) is 0 Å². The Labute approximate surface area is 827 Å². The minimum Gasteiger partial charge on any atom is -0.619 e. The molecular weight excluding hydrogens is 2060 g/mol. The summed E-state index contributed by atoms with van der Waals surface area (Å²) >= 11 is 34.5. The molecule has 4 aromatic heterocycles. The number of aryl methyl sites for hydroxylation is 2. The van der Waals surface area contributed by atoms with Gasteiger partial charge in [0.25, 0.3) is 50.1 Å². The number of carbonyl (C=O) groups excluding carboxylic acids is 4. The number of nitrogens with zero attached hydrogens (tertiary/aromatic N) is 4. The molecule has 137 heavy (non-hydrogen) atoms. The third-order valence-electron chi connectivity index (χ3n) is 19.4. The summed E-state index contributed by atoms with van der Waals surface area (Å²) in [6, 6.07) is 80.9. The highest BCUT2D eigenvalue weighted by molar-refractivity contribution is 9.10. The van der Waals surface area contributed by atoms with E-state index in [4.69, 9.17) is 64.4 Å². The molecule has 5 N–H and O–H groups in total. The van der Waals surface area contributed by atoms with Crippen LogP contribution in [-0.4, -0.2) is 100 Å². The lowest BCUT2D eigenvalue weighted by atomic mass is 10.0. The van der Waals surface area contributed by atoms with Crippen LogP contribution in [0.3, 0.4) is 0 Å². The van der Waals surface area contributed by atoms with Crippen molar-refractivity contribution in [2.45, 2.75) is 47.4 Å². The van der Waals surface area contributed by atoms with Gasteiger partial charge in [-0.2, -0.15) is 4.74 Å². The minimum atomic E-state index is -4.15. The molecule has 0 saturated carbocycles. The molecule has 0 spiro atoms. The zero-order chi connectivity index (χ0) is 98.7. The molecule has 0 aliphatic heterocycles. The number of carbonyl (C=O) groups is 4. The first-order valence-electron chi connectivity index (χ1n) is 39.7. The standard InChI is InChI=1S/C22H15ClN2O3S.C21H14ClNO3S.C19H15ClN2O3S.C18H13BrClNO3S2.C18H14ClN3O5S2/c23-18-8-10-21(20(13-18)22(26)17-6-3-11-24-14-17)25-29(27,28)19-9-7-15-4-1-2-5-16(15)12-19;1-2-15-8-11-18(12-9-15)27(25,26)23-20-13-10-17(22)14-19(20)21(24)16-6-4-3-5-7-16;1-13-5-8-15(9-6-13)26(24,25)22-17-10-7-14(20)12-16(17)19(23)18-4-2-3-11-21-18;1-11-15(19)10-17(25-11)26(23,24)21-16-8-7-13(20)9-14(16)18(22)12-5-3-2-4-6-12;1-22(23)14-5-7-15(8-6-14)29(26,27)21-17-9-4-13(19)11-18(17)28(24,25)16-3-2-10-20-12-16/h1-14,25H;1,3-14,23H;2-12,22H,1H3;2-10,21H,1H3;2-12,21H,1H2. The molecule has 0 atom stereocenters. The number of aromatic nitrogens is 3. The van der Waals surface area contributed by atoms with Crippen molar-refractivity contribution in [2.75, 3.05) is 23.6 Å². The highest BCUT2D eigenvalue weighted by Gasteiger charge is 2.30. The lowest BCUT2D eigenvalue weighted by Gasteiger charge is -2.14. The number of sulfone groups is 1. The van der Waals surface area contributed by atoms with Gasteiger partial charge >= 0.3 is 0 Å². The van der Waals surface area contributed by atoms with Crippen molar-refractivity contribution >= 4 is 220 Å². The molecule has 0 aliphatic rings. The zero-order valence-electron chi connectivity index (χ0n) is 71.0. The smallest absolute Gasteiger partial charge is 0.271 e. The van der Waals surface area contributed by atoms with Gasteiger partial charge in [0.2, 0.25) is 21.3 Å². The first kappa shape index (κ1) is 102. The second kappa shape index (κ2) is 44.9. The number of halogens is 6. The lowest BCUT2D eigenvalue weighted by molar-refractivity contribution is -0.349. The SMILES string of the molecule is C#Cc1ccc(S(=O)(=O)Nc2ccc(Cl)cc2C(=O)c2ccccc2)cc1.C=[N+]([O-])c1ccc(S(=O)(=O)Nc2ccc(Cl)cc2S(=O)(=O)c2cccnc2)cc1.Cc1ccc(S(=O)(=O)Nc2ccc(Cl)cc2C(=O)c2ccccn2)cc1.Cc1sc(S(=O)(=O)Nc2ccc(Cl)cc2C(=O)c2ccccc2)cc1Br.O=C(c1cccnc1)c1cc(Cl)ccc1NS(=O)(=O)c1ccc2ccccc2c1. The van der Waals surface area contributed by atoms with Crippen molar-refractivity contribution in [3.63, 3.8) is 0 Å². The lowest BCUT2D eigenvalue weighted by Crippen LogP contribution is -2.16. The Bertz CT molecular complexity index is 8050. The average Bonchev–Trinajstić information content (AvgIpc) is 1.30. The van der Waals surface area contributed by atoms with E-state index >= 15 is 0 Å². The molecule has 16 aromatic rings. The molecule has 0 bridgehead atoms. The molecule has 0 unspecified atom stereocenters. The molecule has 39 heteroatoms. The summed E-state index contributed by atoms with van der Waals surface area (Å²) in [5, 5.41) is 14.4. The van der Waals surface area contributed by atoms with Crippen LogP contribution < -0.4 is 23.6 Å². The van der Waals surface area contributed by atoms with Gasteiger partial charge in [0.1, 0.15) is 16.6 Å². The van der Waals surface area contributed by atoms with Crippen LogP contribution in [0.4, 0.5) is 34.1 Å². The van der Waals surface area contributed by atoms with E-state index in [-0.39, 0.29) is 118 Å². The summed E-state index contributed by atoms with van der Waals surface area (Å²) < 4.78 is 167. The first-order valence-corrected chi connectivity index (χ1v) is 52.1. The van der Waals surface area contributed by atoms with Crippen LogP contribution in [0.25, 0.3) is 10.8 Å². The van der Waals surface area contributed by atoms with E-state index in [0.29, 0.717) is 47.1 Å². The number of terminal acetylenes is 1. The van der Waals surface area contributed by atoms with Gasteiger partial charge in [0.05, 0.1) is 57.8 Å². The third-order valence-corrected chi connectivity index (χ3v) is 31.9. The van der Waals surface area contributed by atoms with Crippen molar-refractivity contribution in [1.82, 2.24) is 15.0 Å². The molecule has 0 radical (unpaired) electrons. The van der Waals surface area contributed by atoms with Crippen LogP contribution in [0.2, 0.25) is 25.1 Å². The Morgan fingerprint density at radius 3 is 1.20 bits per heavy atom. The largest absolute Gasteiger partial charge is 0.619 e. The monoisotopic (exact) mass is 2120 g/mol. The summed E-state index contributed by atoms with van der Waals surface area (Å²) in [7, 11) is -23.7. The van der Waals surface area contributed by atoms with Gasteiger partial charge in [0, 0.05) is 122 Å². The number of hydrogen-bond donors (Lipinski definition) is 5. The summed E-state index contributed by atoms with van der Waals surface area (Å²) in [5.41, 5.74) is 4.18. The first-order chi connectivity index (χ1) is 65.1. The molecule has 12 aromatic carbocycles. The molecule has 0 aliphatic carbocycles. The molecule has 4 heterocycles. The maximum atomic E-state index is 13.0. The Hall–Kier alpha value is -13.6. The maximum absolute atomic E-state index is 13.0. The number of thiophene rings is 1. The van der Waals surface area contributed by atoms with E-state index in [1.54, 1.807) is 121 Å². The summed E-state index contributed by atoms with van der Waals surface area (Å²) in [6.07, 6.45) is 12.3.